The number of urea groups is 1. The number of quaternary nitrogens is 2. The van der Waals surface area contributed by atoms with Crippen LogP contribution in [0.15, 0.2) is 18.2 Å². The van der Waals surface area contributed by atoms with E-state index in [1.54, 1.807) is 7.11 Å². The Morgan fingerprint density at radius 1 is 1.13 bits per heavy atom. The highest BCUT2D eigenvalue weighted by Gasteiger charge is 2.32. The molecule has 1 aliphatic heterocycles. The van der Waals surface area contributed by atoms with E-state index in [9.17, 15) is 9.59 Å². The zero-order valence-corrected chi connectivity index (χ0v) is 18.7. The first-order valence-electron chi connectivity index (χ1n) is 11.4. The molecule has 7 nitrogen and oxygen atoms in total. The van der Waals surface area contributed by atoms with Crippen LogP contribution < -0.4 is 25.2 Å². The fourth-order valence-electron chi connectivity index (χ4n) is 4.72. The Morgan fingerprint density at radius 2 is 1.83 bits per heavy atom. The molecule has 0 radical (unpaired) electrons. The van der Waals surface area contributed by atoms with Gasteiger partial charge in [0.15, 0.2) is 6.04 Å². The van der Waals surface area contributed by atoms with Crippen LogP contribution in [0.5, 0.6) is 5.75 Å². The van der Waals surface area contributed by atoms with Crippen LogP contribution in [0.1, 0.15) is 50.2 Å². The fourth-order valence-corrected chi connectivity index (χ4v) is 4.72. The van der Waals surface area contributed by atoms with Crippen LogP contribution in [0.25, 0.3) is 0 Å². The summed E-state index contributed by atoms with van der Waals surface area (Å²) in [4.78, 5) is 27.5. The summed E-state index contributed by atoms with van der Waals surface area (Å²) in [6.07, 6.45) is 5.57. The Kier molecular flexibility index (Phi) is 8.10. The zero-order valence-electron chi connectivity index (χ0n) is 18.7. The lowest BCUT2D eigenvalue weighted by Crippen LogP contribution is -3.29. The van der Waals surface area contributed by atoms with Crippen molar-refractivity contribution in [2.45, 2.75) is 64.6 Å². The van der Waals surface area contributed by atoms with Crippen molar-refractivity contribution in [2.24, 2.45) is 0 Å². The van der Waals surface area contributed by atoms with Gasteiger partial charge in [-0.25, -0.2) is 4.79 Å². The van der Waals surface area contributed by atoms with Crippen molar-refractivity contribution >= 4 is 11.9 Å². The van der Waals surface area contributed by atoms with Crippen LogP contribution in [0.2, 0.25) is 0 Å². The molecular weight excluding hydrogens is 380 g/mol. The van der Waals surface area contributed by atoms with Gasteiger partial charge >= 0.3 is 6.03 Å². The average molecular weight is 419 g/mol. The second-order valence-electron chi connectivity index (χ2n) is 8.92. The van der Waals surface area contributed by atoms with E-state index in [0.717, 1.165) is 64.2 Å². The standard InChI is InChI=1S/C23H36N4O3/c1-17-9-10-21(30-3)19(15-17)16-26-11-13-27(14-12-26)18(2)22(28)25-23(29)24-20-7-5-4-6-8-20/h9-10,15,18,20H,4-8,11-14,16H2,1-3H3,(H2,24,25,28,29)/p+2/t18-/m0/s1. The lowest BCUT2D eigenvalue weighted by Gasteiger charge is -2.32. The van der Waals surface area contributed by atoms with Crippen LogP contribution in [0, 0.1) is 6.92 Å². The molecule has 30 heavy (non-hydrogen) atoms. The summed E-state index contributed by atoms with van der Waals surface area (Å²) >= 11 is 0. The van der Waals surface area contributed by atoms with Crippen LogP contribution >= 0.6 is 0 Å². The van der Waals surface area contributed by atoms with Crippen LogP contribution in [0.4, 0.5) is 4.79 Å². The highest BCUT2D eigenvalue weighted by atomic mass is 16.5. The molecule has 0 bridgehead atoms. The Morgan fingerprint density at radius 3 is 2.50 bits per heavy atom. The molecule has 1 saturated carbocycles. The third-order valence-electron chi connectivity index (χ3n) is 6.66. The van der Waals surface area contributed by atoms with Gasteiger partial charge < -0.3 is 19.9 Å². The second-order valence-corrected chi connectivity index (χ2v) is 8.92. The summed E-state index contributed by atoms with van der Waals surface area (Å²) in [5.74, 6) is 0.765. The molecule has 4 N–H and O–H groups in total. The number of ether oxygens (including phenoxy) is 1. The molecule has 3 rings (SSSR count). The predicted octanol–water partition coefficient (Wildman–Crippen LogP) is -0.166. The normalized spacial score (nSPS) is 23.4. The monoisotopic (exact) mass is 418 g/mol. The average Bonchev–Trinajstić information content (AvgIpc) is 2.74. The minimum absolute atomic E-state index is 0.179. The van der Waals surface area contributed by atoms with Crippen molar-refractivity contribution in [2.75, 3.05) is 33.3 Å². The van der Waals surface area contributed by atoms with Gasteiger partial charge in [0.05, 0.1) is 7.11 Å². The third-order valence-corrected chi connectivity index (χ3v) is 6.66. The quantitative estimate of drug-likeness (QED) is 0.518. The first-order chi connectivity index (χ1) is 14.5. The lowest BCUT2D eigenvalue weighted by molar-refractivity contribution is -1.02. The smallest absolute Gasteiger partial charge is 0.321 e. The molecule has 1 heterocycles. The number of hydrogen-bond acceptors (Lipinski definition) is 3. The van der Waals surface area contributed by atoms with Gasteiger partial charge in [0.1, 0.15) is 38.5 Å². The first kappa shape index (κ1) is 22.6. The van der Waals surface area contributed by atoms with E-state index in [1.807, 2.05) is 13.0 Å². The molecule has 3 amide bonds. The first-order valence-corrected chi connectivity index (χ1v) is 11.4. The number of amides is 3. The molecule has 0 aromatic heterocycles. The summed E-state index contributed by atoms with van der Waals surface area (Å²) < 4.78 is 5.51. The number of methoxy groups -OCH3 is 1. The van der Waals surface area contributed by atoms with E-state index in [1.165, 1.54) is 27.3 Å². The summed E-state index contributed by atoms with van der Waals surface area (Å²) in [7, 11) is 1.72. The largest absolute Gasteiger partial charge is 0.496 e. The minimum Gasteiger partial charge on any atom is -0.496 e. The van der Waals surface area contributed by atoms with E-state index in [2.05, 4.69) is 29.7 Å². The maximum Gasteiger partial charge on any atom is 0.321 e. The number of imide groups is 1. The summed E-state index contributed by atoms with van der Waals surface area (Å²) in [5, 5.41) is 5.52. The summed E-state index contributed by atoms with van der Waals surface area (Å²) in [6.45, 7) is 8.79. The van der Waals surface area contributed by atoms with E-state index < -0.39 is 0 Å². The fraction of sp³-hybridized carbons (Fsp3) is 0.652. The van der Waals surface area contributed by atoms with E-state index >= 15 is 0 Å². The van der Waals surface area contributed by atoms with Crippen LogP contribution in [0.3, 0.4) is 0 Å². The highest BCUT2D eigenvalue weighted by molar-refractivity contribution is 5.96. The Bertz CT molecular complexity index is 725. The number of piperazine rings is 1. The molecule has 1 aliphatic carbocycles. The molecule has 2 aliphatic rings. The molecule has 1 atom stereocenters. The number of rotatable bonds is 6. The van der Waals surface area contributed by atoms with Gasteiger partial charge in [-0.3, -0.25) is 10.1 Å². The molecular formula is C23H38N4O3+2. The summed E-state index contributed by atoms with van der Waals surface area (Å²) in [5.41, 5.74) is 2.48. The summed E-state index contributed by atoms with van der Waals surface area (Å²) in [6, 6.07) is 5.96. The van der Waals surface area contributed by atoms with Crippen molar-refractivity contribution in [3.8, 4) is 5.75 Å². The van der Waals surface area contributed by atoms with Crippen molar-refractivity contribution in [1.29, 1.82) is 0 Å². The van der Waals surface area contributed by atoms with E-state index in [0.29, 0.717) is 0 Å². The second kappa shape index (κ2) is 10.8. The van der Waals surface area contributed by atoms with Gasteiger partial charge in [-0.15, -0.1) is 0 Å². The Labute approximate surface area is 180 Å². The molecule has 0 unspecified atom stereocenters. The topological polar surface area (TPSA) is 76.3 Å². The van der Waals surface area contributed by atoms with Gasteiger partial charge in [-0.2, -0.15) is 0 Å². The third kappa shape index (κ3) is 6.19. The van der Waals surface area contributed by atoms with Gasteiger partial charge in [0.2, 0.25) is 0 Å². The Hall–Kier alpha value is -2.12. The number of nitrogens with one attached hydrogen (secondary N) is 4. The van der Waals surface area contributed by atoms with Crippen molar-refractivity contribution < 1.29 is 24.1 Å². The zero-order chi connectivity index (χ0) is 21.5. The van der Waals surface area contributed by atoms with Crippen LogP contribution in [-0.2, 0) is 11.3 Å². The van der Waals surface area contributed by atoms with Gasteiger partial charge in [-0.1, -0.05) is 30.9 Å². The molecule has 166 valence electrons. The van der Waals surface area contributed by atoms with E-state index in [-0.39, 0.29) is 24.0 Å². The lowest BCUT2D eigenvalue weighted by atomic mass is 9.96. The van der Waals surface area contributed by atoms with Gasteiger partial charge in [0.25, 0.3) is 5.91 Å². The number of aryl methyl sites for hydroxylation is 1. The van der Waals surface area contributed by atoms with Crippen LogP contribution in [-0.4, -0.2) is 57.3 Å². The highest BCUT2D eigenvalue weighted by Crippen LogP contribution is 2.18. The number of carbonyl (C=O) groups is 2. The molecule has 1 aromatic rings. The van der Waals surface area contributed by atoms with Gasteiger partial charge in [-0.05, 0) is 38.8 Å². The molecule has 1 saturated heterocycles. The maximum absolute atomic E-state index is 12.6. The Balaban J connectivity index is 1.44. The van der Waals surface area contributed by atoms with Crippen molar-refractivity contribution in [1.82, 2.24) is 10.6 Å². The SMILES string of the molecule is COc1ccc(C)cc1C[NH+]1CC[NH+]([C@@H](C)C(=O)NC(=O)NC2CCCCC2)CC1. The number of carbonyl (C=O) groups excluding carboxylic acids is 2. The molecule has 7 heteroatoms. The predicted molar refractivity (Wildman–Crippen MR) is 116 cm³/mol. The maximum atomic E-state index is 12.6. The number of benzene rings is 1. The van der Waals surface area contributed by atoms with Crippen molar-refractivity contribution in [3.05, 3.63) is 29.3 Å². The number of hydrogen-bond donors (Lipinski definition) is 4. The molecule has 0 spiro atoms. The molecule has 1 aromatic carbocycles. The van der Waals surface area contributed by atoms with Gasteiger partial charge in [0, 0.05) is 11.6 Å². The molecule has 2 fully saturated rings. The van der Waals surface area contributed by atoms with E-state index in [4.69, 9.17) is 4.74 Å². The minimum atomic E-state index is -0.339. The van der Waals surface area contributed by atoms with Crippen molar-refractivity contribution in [3.63, 3.8) is 0 Å².